The van der Waals surface area contributed by atoms with E-state index in [0.29, 0.717) is 43.3 Å². The third-order valence-electron chi connectivity index (χ3n) is 4.19. The zero-order valence-electron chi connectivity index (χ0n) is 17.0. The van der Waals surface area contributed by atoms with E-state index in [1.807, 2.05) is 20.1 Å². The van der Waals surface area contributed by atoms with Crippen molar-refractivity contribution in [1.82, 2.24) is 0 Å². The molecule has 6 nitrogen and oxygen atoms in total. The Labute approximate surface area is 172 Å². The fourth-order valence-electron chi connectivity index (χ4n) is 2.09. The van der Waals surface area contributed by atoms with Crippen molar-refractivity contribution in [3.8, 4) is 0 Å². The second-order valence-electron chi connectivity index (χ2n) is 6.69. The van der Waals surface area contributed by atoms with Gasteiger partial charge in [-0.3, -0.25) is 9.59 Å². The Bertz CT molecular complexity index is 408. The van der Waals surface area contributed by atoms with E-state index in [-0.39, 0.29) is 30.2 Å². The molecule has 4 unspecified atom stereocenters. The third kappa shape index (κ3) is 13.5. The lowest BCUT2D eigenvalue weighted by Gasteiger charge is -2.17. The Hall–Kier alpha value is -0.280. The van der Waals surface area contributed by atoms with Crippen molar-refractivity contribution in [2.75, 3.05) is 43.3 Å². The Morgan fingerprint density at radius 2 is 1.63 bits per heavy atom. The Kier molecular flexibility index (Phi) is 16.5. The van der Waals surface area contributed by atoms with Crippen LogP contribution in [-0.2, 0) is 19.1 Å². The predicted molar refractivity (Wildman–Crippen MR) is 112 cm³/mol. The molecule has 0 aromatic carbocycles. The van der Waals surface area contributed by atoms with E-state index in [0.717, 1.165) is 6.42 Å². The summed E-state index contributed by atoms with van der Waals surface area (Å²) in [5.41, 5.74) is 0. The second kappa shape index (κ2) is 16.7. The molecule has 0 aliphatic carbocycles. The molecule has 0 fully saturated rings. The highest BCUT2D eigenvalue weighted by Gasteiger charge is 2.18. The van der Waals surface area contributed by atoms with Crippen LogP contribution in [0.4, 0.5) is 0 Å². The molecule has 0 aromatic rings. The molecule has 0 heterocycles. The SMILES string of the molecule is CCC(C)C(=O)CCCOCCOC(=O)C(C)CSCC(O)C(O)CSC. The van der Waals surface area contributed by atoms with E-state index in [1.165, 1.54) is 23.5 Å². The highest BCUT2D eigenvalue weighted by molar-refractivity contribution is 7.99. The van der Waals surface area contributed by atoms with Gasteiger partial charge in [-0.25, -0.2) is 0 Å². The fraction of sp³-hybridized carbons (Fsp3) is 0.895. The fourth-order valence-corrected chi connectivity index (χ4v) is 3.75. The van der Waals surface area contributed by atoms with Crippen LogP contribution in [0, 0.1) is 11.8 Å². The molecule has 0 bridgehead atoms. The molecular weight excluding hydrogens is 388 g/mol. The minimum absolute atomic E-state index is 0.111. The van der Waals surface area contributed by atoms with E-state index in [9.17, 15) is 19.8 Å². The molecule has 0 spiro atoms. The summed E-state index contributed by atoms with van der Waals surface area (Å²) >= 11 is 2.91. The summed E-state index contributed by atoms with van der Waals surface area (Å²) in [5, 5.41) is 19.4. The Morgan fingerprint density at radius 3 is 2.26 bits per heavy atom. The van der Waals surface area contributed by atoms with Gasteiger partial charge in [0.05, 0.1) is 24.7 Å². The molecule has 0 aliphatic rings. The van der Waals surface area contributed by atoms with E-state index >= 15 is 0 Å². The van der Waals surface area contributed by atoms with Gasteiger partial charge in [-0.1, -0.05) is 20.8 Å². The number of rotatable bonds is 17. The molecule has 8 heteroatoms. The molecule has 27 heavy (non-hydrogen) atoms. The average Bonchev–Trinajstić information content (AvgIpc) is 2.65. The number of Topliss-reactive ketones (excluding diaryl/α,β-unsaturated/α-hetero) is 1. The van der Waals surface area contributed by atoms with E-state index < -0.39 is 12.2 Å². The molecule has 0 amide bonds. The summed E-state index contributed by atoms with van der Waals surface area (Å²) in [6.07, 6.45) is 2.43. The summed E-state index contributed by atoms with van der Waals surface area (Å²) in [7, 11) is 0. The molecule has 0 radical (unpaired) electrons. The van der Waals surface area contributed by atoms with Crippen LogP contribution in [0.3, 0.4) is 0 Å². The summed E-state index contributed by atoms with van der Waals surface area (Å²) in [5.74, 6) is 1.21. The highest BCUT2D eigenvalue weighted by Crippen LogP contribution is 2.14. The number of aliphatic hydroxyl groups is 2. The van der Waals surface area contributed by atoms with Gasteiger partial charge in [0.1, 0.15) is 12.4 Å². The number of carbonyl (C=O) groups is 2. The second-order valence-corrected chi connectivity index (χ2v) is 8.67. The smallest absolute Gasteiger partial charge is 0.309 e. The summed E-state index contributed by atoms with van der Waals surface area (Å²) < 4.78 is 10.6. The van der Waals surface area contributed by atoms with Crippen LogP contribution >= 0.6 is 23.5 Å². The zero-order chi connectivity index (χ0) is 20.7. The van der Waals surface area contributed by atoms with Crippen molar-refractivity contribution in [3.05, 3.63) is 0 Å². The number of ether oxygens (including phenoxy) is 2. The first kappa shape index (κ1) is 26.7. The van der Waals surface area contributed by atoms with Crippen LogP contribution in [0.5, 0.6) is 0 Å². The molecule has 0 saturated heterocycles. The largest absolute Gasteiger partial charge is 0.463 e. The van der Waals surface area contributed by atoms with Crippen LogP contribution in [0.2, 0.25) is 0 Å². The number of hydrogen-bond donors (Lipinski definition) is 2. The summed E-state index contributed by atoms with van der Waals surface area (Å²) in [6, 6.07) is 0. The van der Waals surface area contributed by atoms with E-state index in [4.69, 9.17) is 9.47 Å². The lowest BCUT2D eigenvalue weighted by Crippen LogP contribution is -2.30. The molecule has 0 rings (SSSR count). The summed E-state index contributed by atoms with van der Waals surface area (Å²) in [6.45, 7) is 6.73. The molecule has 0 aromatic heterocycles. The van der Waals surface area contributed by atoms with Crippen LogP contribution in [-0.4, -0.2) is 77.5 Å². The van der Waals surface area contributed by atoms with Crippen molar-refractivity contribution in [1.29, 1.82) is 0 Å². The average molecular weight is 425 g/mol. The minimum atomic E-state index is -0.786. The molecule has 4 atom stereocenters. The van der Waals surface area contributed by atoms with Crippen molar-refractivity contribution in [2.45, 2.75) is 52.2 Å². The number of ketones is 1. The quantitative estimate of drug-likeness (QED) is 0.272. The van der Waals surface area contributed by atoms with Crippen molar-refractivity contribution in [3.63, 3.8) is 0 Å². The first-order valence-electron chi connectivity index (χ1n) is 9.53. The monoisotopic (exact) mass is 424 g/mol. The van der Waals surface area contributed by atoms with Crippen molar-refractivity contribution >= 4 is 35.3 Å². The van der Waals surface area contributed by atoms with Crippen molar-refractivity contribution < 1.29 is 29.3 Å². The first-order valence-corrected chi connectivity index (χ1v) is 12.1. The van der Waals surface area contributed by atoms with Crippen LogP contribution in [0.15, 0.2) is 0 Å². The maximum Gasteiger partial charge on any atom is 0.309 e. The molecule has 0 aliphatic heterocycles. The summed E-state index contributed by atoms with van der Waals surface area (Å²) in [4.78, 5) is 23.6. The Balaban J connectivity index is 3.68. The maximum absolute atomic E-state index is 11.9. The Morgan fingerprint density at radius 1 is 0.963 bits per heavy atom. The normalized spacial score (nSPS) is 15.8. The van der Waals surface area contributed by atoms with Crippen LogP contribution in [0.1, 0.15) is 40.0 Å². The van der Waals surface area contributed by atoms with Gasteiger partial charge in [-0.05, 0) is 19.1 Å². The standard InChI is InChI=1S/C19H36O6S2/c1-5-14(2)16(20)7-6-8-24-9-10-25-19(23)15(3)11-27-13-18(22)17(21)12-26-4/h14-15,17-18,21-22H,5-13H2,1-4H3. The van der Waals surface area contributed by atoms with Crippen LogP contribution in [0.25, 0.3) is 0 Å². The first-order chi connectivity index (χ1) is 12.8. The zero-order valence-corrected chi connectivity index (χ0v) is 18.7. The van der Waals surface area contributed by atoms with Gasteiger partial charge in [0.15, 0.2) is 0 Å². The van der Waals surface area contributed by atoms with E-state index in [2.05, 4.69) is 0 Å². The van der Waals surface area contributed by atoms with Gasteiger partial charge in [0.25, 0.3) is 0 Å². The van der Waals surface area contributed by atoms with Gasteiger partial charge in [0, 0.05) is 36.2 Å². The van der Waals surface area contributed by atoms with E-state index in [1.54, 1.807) is 6.92 Å². The van der Waals surface area contributed by atoms with Gasteiger partial charge >= 0.3 is 5.97 Å². The number of aliphatic hydroxyl groups excluding tert-OH is 2. The van der Waals surface area contributed by atoms with Gasteiger partial charge < -0.3 is 19.7 Å². The van der Waals surface area contributed by atoms with Crippen LogP contribution < -0.4 is 0 Å². The molecule has 2 N–H and O–H groups in total. The lowest BCUT2D eigenvalue weighted by molar-refractivity contribution is -0.148. The highest BCUT2D eigenvalue weighted by atomic mass is 32.2. The number of carbonyl (C=O) groups excluding carboxylic acids is 2. The van der Waals surface area contributed by atoms with Gasteiger partial charge in [-0.15, -0.1) is 0 Å². The van der Waals surface area contributed by atoms with Gasteiger partial charge in [-0.2, -0.15) is 23.5 Å². The number of hydrogen-bond acceptors (Lipinski definition) is 8. The molecular formula is C19H36O6S2. The van der Waals surface area contributed by atoms with Crippen molar-refractivity contribution in [2.24, 2.45) is 11.8 Å². The van der Waals surface area contributed by atoms with Gasteiger partial charge in [0.2, 0.25) is 0 Å². The molecule has 0 saturated carbocycles. The third-order valence-corrected chi connectivity index (χ3v) is 6.17. The minimum Gasteiger partial charge on any atom is -0.463 e. The lowest BCUT2D eigenvalue weighted by atomic mass is 10.0. The maximum atomic E-state index is 11.9. The predicted octanol–water partition coefficient (Wildman–Crippen LogP) is 2.40. The number of esters is 1. The topological polar surface area (TPSA) is 93.1 Å². The number of thioether (sulfide) groups is 2. The molecule has 160 valence electrons.